The zero-order valence-electron chi connectivity index (χ0n) is 13.8. The third kappa shape index (κ3) is 4.96. The van der Waals surface area contributed by atoms with Gasteiger partial charge in [-0.15, -0.1) is 0 Å². The first-order valence-corrected chi connectivity index (χ1v) is 8.72. The van der Waals surface area contributed by atoms with Crippen LogP contribution in [0.4, 0.5) is 0 Å². The smallest absolute Gasteiger partial charge is 0.220 e. The van der Waals surface area contributed by atoms with E-state index in [0.29, 0.717) is 12.3 Å². The van der Waals surface area contributed by atoms with E-state index in [9.17, 15) is 4.79 Å². The van der Waals surface area contributed by atoms with Crippen molar-refractivity contribution in [3.05, 3.63) is 0 Å². The summed E-state index contributed by atoms with van der Waals surface area (Å²) in [7, 11) is 0. The van der Waals surface area contributed by atoms with Gasteiger partial charge in [0.25, 0.3) is 0 Å². The fraction of sp³-hybridized carbons (Fsp3) is 0.941. The van der Waals surface area contributed by atoms with E-state index >= 15 is 0 Å². The number of ether oxygens (including phenoxy) is 1. The molecule has 0 aromatic rings. The molecule has 2 rings (SSSR count). The van der Waals surface area contributed by atoms with Crippen LogP contribution in [-0.2, 0) is 9.53 Å². The SMILES string of the molecule is CC(C)CCC(=O)NCC1(N2CCOCC2)CCCCC1. The average Bonchev–Trinajstić information content (AvgIpc) is 2.52. The summed E-state index contributed by atoms with van der Waals surface area (Å²) in [6, 6.07) is 0. The van der Waals surface area contributed by atoms with Crippen molar-refractivity contribution in [1.29, 1.82) is 0 Å². The first-order chi connectivity index (χ1) is 10.1. The van der Waals surface area contributed by atoms with Crippen LogP contribution in [-0.4, -0.2) is 49.2 Å². The third-order valence-electron chi connectivity index (χ3n) is 5.03. The van der Waals surface area contributed by atoms with E-state index in [1.807, 2.05) is 0 Å². The Balaban J connectivity index is 1.88. The Morgan fingerprint density at radius 2 is 1.86 bits per heavy atom. The normalized spacial score (nSPS) is 23.2. The minimum Gasteiger partial charge on any atom is -0.379 e. The molecule has 21 heavy (non-hydrogen) atoms. The van der Waals surface area contributed by atoms with Crippen LogP contribution in [0, 0.1) is 5.92 Å². The second-order valence-electron chi connectivity index (χ2n) is 7.09. The van der Waals surface area contributed by atoms with Crippen molar-refractivity contribution in [2.24, 2.45) is 5.92 Å². The molecule has 0 unspecified atom stereocenters. The molecule has 1 N–H and O–H groups in total. The summed E-state index contributed by atoms with van der Waals surface area (Å²) < 4.78 is 5.50. The van der Waals surface area contributed by atoms with Gasteiger partial charge in [0.2, 0.25) is 5.91 Å². The summed E-state index contributed by atoms with van der Waals surface area (Å²) >= 11 is 0. The molecule has 0 radical (unpaired) electrons. The molecule has 0 aromatic heterocycles. The average molecular weight is 296 g/mol. The maximum absolute atomic E-state index is 12.1. The molecule has 4 heteroatoms. The van der Waals surface area contributed by atoms with Crippen LogP contribution in [0.25, 0.3) is 0 Å². The van der Waals surface area contributed by atoms with Crippen molar-refractivity contribution in [3.8, 4) is 0 Å². The zero-order valence-corrected chi connectivity index (χ0v) is 13.8. The number of hydrogen-bond acceptors (Lipinski definition) is 3. The number of rotatable bonds is 6. The highest BCUT2D eigenvalue weighted by Crippen LogP contribution is 2.33. The van der Waals surface area contributed by atoms with Crippen LogP contribution in [0.2, 0.25) is 0 Å². The van der Waals surface area contributed by atoms with Crippen molar-refractivity contribution in [2.75, 3.05) is 32.8 Å². The van der Waals surface area contributed by atoms with Crippen LogP contribution >= 0.6 is 0 Å². The maximum atomic E-state index is 12.1. The molecule has 2 aliphatic rings. The molecular weight excluding hydrogens is 264 g/mol. The van der Waals surface area contributed by atoms with Gasteiger partial charge in [-0.2, -0.15) is 0 Å². The summed E-state index contributed by atoms with van der Waals surface area (Å²) in [5.74, 6) is 0.820. The third-order valence-corrected chi connectivity index (χ3v) is 5.03. The summed E-state index contributed by atoms with van der Waals surface area (Å²) in [5.41, 5.74) is 0.190. The lowest BCUT2D eigenvalue weighted by atomic mass is 9.79. The summed E-state index contributed by atoms with van der Waals surface area (Å²) in [5, 5.41) is 3.22. The number of carbonyl (C=O) groups is 1. The Morgan fingerprint density at radius 3 is 2.48 bits per heavy atom. The molecular formula is C17H32N2O2. The monoisotopic (exact) mass is 296 g/mol. The van der Waals surface area contributed by atoms with Crippen LogP contribution in [0.1, 0.15) is 58.8 Å². The molecule has 0 atom stereocenters. The van der Waals surface area contributed by atoms with Crippen molar-refractivity contribution in [3.63, 3.8) is 0 Å². The van der Waals surface area contributed by atoms with E-state index in [4.69, 9.17) is 4.74 Å². The van der Waals surface area contributed by atoms with E-state index in [1.54, 1.807) is 0 Å². The molecule has 4 nitrogen and oxygen atoms in total. The Hall–Kier alpha value is -0.610. The molecule has 122 valence electrons. The van der Waals surface area contributed by atoms with Gasteiger partial charge in [0.1, 0.15) is 0 Å². The lowest BCUT2D eigenvalue weighted by Gasteiger charge is -2.48. The lowest BCUT2D eigenvalue weighted by Crippen LogP contribution is -2.59. The highest BCUT2D eigenvalue weighted by Gasteiger charge is 2.38. The number of nitrogens with zero attached hydrogens (tertiary/aromatic N) is 1. The number of amides is 1. The van der Waals surface area contributed by atoms with Crippen molar-refractivity contribution in [2.45, 2.75) is 64.3 Å². The molecule has 2 fully saturated rings. The van der Waals surface area contributed by atoms with Gasteiger partial charge in [-0.05, 0) is 25.2 Å². The van der Waals surface area contributed by atoms with E-state index in [0.717, 1.165) is 39.3 Å². The Bertz CT molecular complexity index is 319. The summed E-state index contributed by atoms with van der Waals surface area (Å²) in [4.78, 5) is 14.6. The molecule has 1 aliphatic heterocycles. The fourth-order valence-electron chi connectivity index (χ4n) is 3.62. The number of carbonyl (C=O) groups excluding carboxylic acids is 1. The topological polar surface area (TPSA) is 41.6 Å². The highest BCUT2D eigenvalue weighted by molar-refractivity contribution is 5.75. The minimum absolute atomic E-state index is 0.190. The largest absolute Gasteiger partial charge is 0.379 e. The van der Waals surface area contributed by atoms with Crippen molar-refractivity contribution >= 4 is 5.91 Å². The Kier molecular flexibility index (Phi) is 6.49. The highest BCUT2D eigenvalue weighted by atomic mass is 16.5. The van der Waals surface area contributed by atoms with Gasteiger partial charge >= 0.3 is 0 Å². The predicted molar refractivity (Wildman–Crippen MR) is 85.3 cm³/mol. The minimum atomic E-state index is 0.190. The second-order valence-corrected chi connectivity index (χ2v) is 7.09. The molecule has 0 spiro atoms. The molecule has 1 heterocycles. The molecule has 0 aromatic carbocycles. The van der Waals surface area contributed by atoms with Crippen molar-refractivity contribution < 1.29 is 9.53 Å². The molecule has 1 saturated carbocycles. The van der Waals surface area contributed by atoms with E-state index in [2.05, 4.69) is 24.1 Å². The van der Waals surface area contributed by atoms with Gasteiger partial charge in [-0.3, -0.25) is 9.69 Å². The van der Waals surface area contributed by atoms with Crippen molar-refractivity contribution in [1.82, 2.24) is 10.2 Å². The van der Waals surface area contributed by atoms with Gasteiger partial charge in [0.05, 0.1) is 13.2 Å². The number of nitrogens with one attached hydrogen (secondary N) is 1. The van der Waals surface area contributed by atoms with Gasteiger partial charge < -0.3 is 10.1 Å². The quantitative estimate of drug-likeness (QED) is 0.819. The number of morpholine rings is 1. The lowest BCUT2D eigenvalue weighted by molar-refractivity contribution is -0.122. The van der Waals surface area contributed by atoms with Crippen LogP contribution in [0.15, 0.2) is 0 Å². The van der Waals surface area contributed by atoms with E-state index in [-0.39, 0.29) is 11.4 Å². The summed E-state index contributed by atoms with van der Waals surface area (Å²) in [6.07, 6.45) is 8.01. The Morgan fingerprint density at radius 1 is 1.19 bits per heavy atom. The van der Waals surface area contributed by atoms with E-state index in [1.165, 1.54) is 32.1 Å². The zero-order chi connectivity index (χ0) is 15.1. The van der Waals surface area contributed by atoms with Crippen LogP contribution < -0.4 is 5.32 Å². The molecule has 1 aliphatic carbocycles. The maximum Gasteiger partial charge on any atom is 0.220 e. The van der Waals surface area contributed by atoms with Gasteiger partial charge in [-0.1, -0.05) is 33.1 Å². The number of hydrogen-bond donors (Lipinski definition) is 1. The predicted octanol–water partition coefficient (Wildman–Crippen LogP) is 2.57. The first-order valence-electron chi connectivity index (χ1n) is 8.72. The second kappa shape index (κ2) is 8.14. The van der Waals surface area contributed by atoms with E-state index < -0.39 is 0 Å². The summed E-state index contributed by atoms with van der Waals surface area (Å²) in [6.45, 7) is 8.87. The fourth-order valence-corrected chi connectivity index (χ4v) is 3.62. The Labute approximate surface area is 129 Å². The first kappa shape index (κ1) is 16.8. The van der Waals surface area contributed by atoms with Gasteiger partial charge in [0.15, 0.2) is 0 Å². The molecule has 0 bridgehead atoms. The van der Waals surface area contributed by atoms with Crippen LogP contribution in [0.3, 0.4) is 0 Å². The van der Waals surface area contributed by atoms with Gasteiger partial charge in [0, 0.05) is 31.6 Å². The van der Waals surface area contributed by atoms with Crippen LogP contribution in [0.5, 0.6) is 0 Å². The molecule has 1 amide bonds. The molecule has 1 saturated heterocycles. The standard InChI is InChI=1S/C17H32N2O2/c1-15(2)6-7-16(20)18-14-17(8-4-3-5-9-17)19-10-12-21-13-11-19/h15H,3-14H2,1-2H3,(H,18,20). The van der Waals surface area contributed by atoms with Gasteiger partial charge in [-0.25, -0.2) is 0 Å².